The maximum atomic E-state index is 13.1. The van der Waals surface area contributed by atoms with Gasteiger partial charge in [-0.25, -0.2) is 0 Å². The lowest BCUT2D eigenvalue weighted by Gasteiger charge is -2.37. The fourth-order valence-electron chi connectivity index (χ4n) is 7.07. The Bertz CT molecular complexity index is 2080. The molecule has 6 rings (SSSR count). The van der Waals surface area contributed by atoms with Crippen LogP contribution in [-0.2, 0) is 19.4 Å². The van der Waals surface area contributed by atoms with E-state index in [1.54, 1.807) is 0 Å². The summed E-state index contributed by atoms with van der Waals surface area (Å²) in [5.41, 5.74) is 7.88. The van der Waals surface area contributed by atoms with Crippen LogP contribution in [0.3, 0.4) is 0 Å². The molecule has 6 heteroatoms. The van der Waals surface area contributed by atoms with Gasteiger partial charge in [0, 0.05) is 65.1 Å². The summed E-state index contributed by atoms with van der Waals surface area (Å²) >= 11 is 0. The van der Waals surface area contributed by atoms with Crippen LogP contribution in [0.5, 0.6) is 0 Å². The molecule has 6 nitrogen and oxygen atoms in total. The van der Waals surface area contributed by atoms with Crippen LogP contribution in [0.2, 0.25) is 0 Å². The number of likely N-dealkylation sites (N-methyl/N-ethyl adjacent to an activating group) is 3. The number of nitrogens with zero attached hydrogens (tertiary/aromatic N) is 3. The first-order valence-corrected chi connectivity index (χ1v) is 19.9. The lowest BCUT2D eigenvalue weighted by molar-refractivity contribution is -0.921. The van der Waals surface area contributed by atoms with Gasteiger partial charge in [-0.3, -0.25) is 14.4 Å². The van der Waals surface area contributed by atoms with Crippen LogP contribution in [0.25, 0.3) is 0 Å². The Morgan fingerprint density at radius 2 is 0.667 bits per heavy atom. The van der Waals surface area contributed by atoms with Crippen LogP contribution >= 0.6 is 0 Å². The van der Waals surface area contributed by atoms with Gasteiger partial charge in [-0.1, -0.05) is 164 Å². The van der Waals surface area contributed by atoms with Gasteiger partial charge in [0.15, 0.2) is 17.3 Å². The molecule has 0 bridgehead atoms. The van der Waals surface area contributed by atoms with Gasteiger partial charge in [0.1, 0.15) is 6.54 Å². The molecule has 0 saturated carbocycles. The fourth-order valence-corrected chi connectivity index (χ4v) is 7.07. The van der Waals surface area contributed by atoms with E-state index in [1.807, 2.05) is 127 Å². The highest BCUT2D eigenvalue weighted by molar-refractivity contribution is 6.10. The Labute approximate surface area is 338 Å². The fraction of sp³-hybridized carbons (Fsp3) is 0.235. The van der Waals surface area contributed by atoms with Crippen LogP contribution in [0, 0.1) is 0 Å². The summed E-state index contributed by atoms with van der Waals surface area (Å²) in [6.45, 7) is 6.49. The van der Waals surface area contributed by atoms with Gasteiger partial charge < -0.3 is 14.3 Å². The largest absolute Gasteiger partial charge is 0.320 e. The first-order valence-electron chi connectivity index (χ1n) is 19.9. The highest BCUT2D eigenvalue weighted by atomic mass is 16.1. The maximum absolute atomic E-state index is 13.1. The molecule has 0 spiro atoms. The molecule has 0 aliphatic heterocycles. The average Bonchev–Trinajstić information content (AvgIpc) is 3.27. The maximum Gasteiger partial charge on any atom is 0.193 e. The van der Waals surface area contributed by atoms with Crippen molar-refractivity contribution < 1.29 is 18.9 Å². The van der Waals surface area contributed by atoms with Crippen molar-refractivity contribution >= 4 is 17.3 Å². The van der Waals surface area contributed by atoms with Gasteiger partial charge in [-0.2, -0.15) is 0 Å². The topological polar surface area (TPSA) is 57.7 Å². The van der Waals surface area contributed by atoms with E-state index in [9.17, 15) is 14.4 Å². The minimum absolute atomic E-state index is 0.0394. The number of carbonyl (C=O) groups is 3. The van der Waals surface area contributed by atoms with Crippen molar-refractivity contribution in [1.82, 2.24) is 9.80 Å². The normalized spacial score (nSPS) is 11.5. The standard InChI is InChI=1S/C51H54N3O3/c1-52(33-31-40-19-25-46(26-20-40)49(55)43-13-7-4-8-14-43)35-37-54(3,39-42-23-29-48(30-24-42)51(57)45-17-11-6-12-18-45)38-36-53(2)34-32-41-21-27-47(28-22-41)50(56)44-15-9-5-10-16-44/h4-30H,31-39H2,1-3H3/q+1. The molecule has 0 saturated heterocycles. The molecule has 0 atom stereocenters. The molecule has 0 heterocycles. The van der Waals surface area contributed by atoms with Gasteiger partial charge >= 0.3 is 0 Å². The van der Waals surface area contributed by atoms with Crippen molar-refractivity contribution in [3.8, 4) is 0 Å². The predicted molar refractivity (Wildman–Crippen MR) is 231 cm³/mol. The molecule has 6 aromatic carbocycles. The number of carbonyl (C=O) groups excluding carboxylic acids is 3. The second-order valence-corrected chi connectivity index (χ2v) is 15.5. The third kappa shape index (κ3) is 11.9. The molecule has 0 aliphatic carbocycles. The molecule has 0 amide bonds. The summed E-state index contributed by atoms with van der Waals surface area (Å²) in [6.07, 6.45) is 1.81. The van der Waals surface area contributed by atoms with Crippen molar-refractivity contribution in [2.75, 3.05) is 60.4 Å². The monoisotopic (exact) mass is 756 g/mol. The molecule has 290 valence electrons. The zero-order valence-corrected chi connectivity index (χ0v) is 33.5. The van der Waals surface area contributed by atoms with E-state index < -0.39 is 0 Å². The minimum Gasteiger partial charge on any atom is -0.320 e. The Morgan fingerprint density at radius 3 is 0.982 bits per heavy atom. The molecular weight excluding hydrogens is 703 g/mol. The molecule has 0 N–H and O–H groups in total. The summed E-state index contributed by atoms with van der Waals surface area (Å²) in [7, 11) is 6.72. The van der Waals surface area contributed by atoms with Gasteiger partial charge in [0.2, 0.25) is 0 Å². The van der Waals surface area contributed by atoms with Crippen molar-refractivity contribution in [2.45, 2.75) is 19.4 Å². The first kappa shape index (κ1) is 40.9. The summed E-state index contributed by atoms with van der Waals surface area (Å²) in [4.78, 5) is 43.6. The van der Waals surface area contributed by atoms with Crippen molar-refractivity contribution in [1.29, 1.82) is 0 Å². The molecule has 0 aromatic heterocycles. The lowest BCUT2D eigenvalue weighted by Crippen LogP contribution is -2.51. The number of benzene rings is 6. The Kier molecular flexibility index (Phi) is 14.2. The second kappa shape index (κ2) is 19.9. The summed E-state index contributed by atoms with van der Waals surface area (Å²) in [5, 5.41) is 0. The van der Waals surface area contributed by atoms with Crippen LogP contribution in [0.15, 0.2) is 164 Å². The third-order valence-corrected chi connectivity index (χ3v) is 10.9. The van der Waals surface area contributed by atoms with E-state index >= 15 is 0 Å². The Balaban J connectivity index is 1.05. The van der Waals surface area contributed by atoms with Crippen molar-refractivity contribution in [2.24, 2.45) is 0 Å². The number of hydrogen-bond acceptors (Lipinski definition) is 5. The van der Waals surface area contributed by atoms with E-state index in [4.69, 9.17) is 0 Å². The molecule has 0 fully saturated rings. The highest BCUT2D eigenvalue weighted by Gasteiger charge is 2.24. The molecule has 0 aliphatic rings. The van der Waals surface area contributed by atoms with Gasteiger partial charge in [-0.05, 0) is 38.1 Å². The zero-order valence-electron chi connectivity index (χ0n) is 33.5. The van der Waals surface area contributed by atoms with E-state index in [0.717, 1.165) is 63.1 Å². The smallest absolute Gasteiger partial charge is 0.193 e. The molecular formula is C51H54N3O3+. The lowest BCUT2D eigenvalue weighted by atomic mass is 10.0. The van der Waals surface area contributed by atoms with E-state index in [-0.39, 0.29) is 17.3 Å². The van der Waals surface area contributed by atoms with E-state index in [1.165, 1.54) is 16.7 Å². The van der Waals surface area contributed by atoms with Gasteiger partial charge in [0.25, 0.3) is 0 Å². The van der Waals surface area contributed by atoms with Crippen LogP contribution in [0.4, 0.5) is 0 Å². The van der Waals surface area contributed by atoms with Gasteiger partial charge in [-0.15, -0.1) is 0 Å². The van der Waals surface area contributed by atoms with E-state index in [2.05, 4.69) is 67.3 Å². The Morgan fingerprint density at radius 1 is 0.386 bits per heavy atom. The number of ketones is 3. The third-order valence-electron chi connectivity index (χ3n) is 10.9. The van der Waals surface area contributed by atoms with Crippen molar-refractivity contribution in [3.05, 3.63) is 214 Å². The first-order chi connectivity index (χ1) is 27.7. The average molecular weight is 757 g/mol. The quantitative estimate of drug-likeness (QED) is 0.0577. The van der Waals surface area contributed by atoms with Crippen LogP contribution < -0.4 is 0 Å². The zero-order chi connectivity index (χ0) is 40.0. The molecule has 0 radical (unpaired) electrons. The molecule has 6 aromatic rings. The second-order valence-electron chi connectivity index (χ2n) is 15.5. The molecule has 57 heavy (non-hydrogen) atoms. The minimum atomic E-state index is 0.0394. The summed E-state index contributed by atoms with van der Waals surface area (Å²) < 4.78 is 0.854. The van der Waals surface area contributed by atoms with Crippen LogP contribution in [0.1, 0.15) is 64.5 Å². The number of hydrogen-bond donors (Lipinski definition) is 0. The highest BCUT2D eigenvalue weighted by Crippen LogP contribution is 2.18. The number of quaternary nitrogens is 1. The summed E-state index contributed by atoms with van der Waals surface area (Å²) in [5.74, 6) is 0.132. The van der Waals surface area contributed by atoms with Gasteiger partial charge in [0.05, 0.1) is 20.1 Å². The predicted octanol–water partition coefficient (Wildman–Crippen LogP) is 8.68. The number of rotatable bonds is 20. The Hall–Kier alpha value is -5.79. The SMILES string of the molecule is CN(CCc1ccc(C(=O)c2ccccc2)cc1)CC[N+](C)(CCN(C)CCc1ccc(C(=O)c2ccccc2)cc1)Cc1ccc(C(=O)c2ccccc2)cc1. The van der Waals surface area contributed by atoms with E-state index in [0.29, 0.717) is 33.4 Å². The summed E-state index contributed by atoms with van der Waals surface area (Å²) in [6, 6.07) is 52.5. The molecule has 0 unspecified atom stereocenters. The van der Waals surface area contributed by atoms with Crippen molar-refractivity contribution in [3.63, 3.8) is 0 Å². The van der Waals surface area contributed by atoms with Crippen LogP contribution in [-0.4, -0.2) is 92.0 Å².